The van der Waals surface area contributed by atoms with E-state index in [0.29, 0.717) is 6.04 Å². The van der Waals surface area contributed by atoms with Gasteiger partial charge in [0.05, 0.1) is 6.10 Å². The van der Waals surface area contributed by atoms with Gasteiger partial charge in [0, 0.05) is 51.9 Å². The second-order valence-corrected chi connectivity index (χ2v) is 6.93. The third-order valence-corrected chi connectivity index (χ3v) is 5.35. The first-order chi connectivity index (χ1) is 11.3. The van der Waals surface area contributed by atoms with Gasteiger partial charge < -0.3 is 15.3 Å². The molecule has 3 rings (SSSR count). The lowest BCUT2D eigenvalue weighted by Crippen LogP contribution is -2.49. The minimum atomic E-state index is -0.0901. The Morgan fingerprint density at radius 2 is 1.74 bits per heavy atom. The molecule has 2 aliphatic rings. The molecule has 128 valence electrons. The lowest BCUT2D eigenvalue weighted by Gasteiger charge is -2.39. The predicted octanol–water partition coefficient (Wildman–Crippen LogP) is 1.65. The average Bonchev–Trinajstić information content (AvgIpc) is 2.62. The van der Waals surface area contributed by atoms with Gasteiger partial charge in [0.15, 0.2) is 0 Å². The number of hydrogen-bond donors (Lipinski definition) is 2. The third kappa shape index (κ3) is 4.54. The molecule has 0 aromatic heterocycles. The quantitative estimate of drug-likeness (QED) is 0.866. The molecule has 4 heteroatoms. The summed E-state index contributed by atoms with van der Waals surface area (Å²) in [6.45, 7) is 9.76. The van der Waals surface area contributed by atoms with Gasteiger partial charge >= 0.3 is 0 Å². The van der Waals surface area contributed by atoms with Crippen molar-refractivity contribution in [2.45, 2.75) is 38.3 Å². The molecule has 2 N–H and O–H groups in total. The number of nitrogens with one attached hydrogen (secondary N) is 1. The Bertz CT molecular complexity index is 462. The minimum Gasteiger partial charge on any atom is -0.393 e. The van der Waals surface area contributed by atoms with Crippen molar-refractivity contribution in [3.63, 3.8) is 0 Å². The zero-order valence-electron chi connectivity index (χ0n) is 14.4. The molecule has 1 atom stereocenters. The number of hydrogen-bond acceptors (Lipinski definition) is 4. The largest absolute Gasteiger partial charge is 0.393 e. The van der Waals surface area contributed by atoms with E-state index >= 15 is 0 Å². The van der Waals surface area contributed by atoms with Crippen LogP contribution in [0.5, 0.6) is 0 Å². The molecule has 0 aliphatic carbocycles. The topological polar surface area (TPSA) is 38.7 Å². The van der Waals surface area contributed by atoms with Crippen molar-refractivity contribution >= 4 is 0 Å². The fourth-order valence-electron chi connectivity index (χ4n) is 3.75. The van der Waals surface area contributed by atoms with Crippen LogP contribution in [-0.2, 0) is 6.42 Å². The van der Waals surface area contributed by atoms with E-state index in [0.717, 1.165) is 65.1 Å². The zero-order valence-corrected chi connectivity index (χ0v) is 14.4. The molecule has 2 aliphatic heterocycles. The summed E-state index contributed by atoms with van der Waals surface area (Å²) in [5.41, 5.74) is 2.85. The van der Waals surface area contributed by atoms with E-state index in [9.17, 15) is 5.11 Å². The average molecular weight is 317 g/mol. The highest BCUT2D eigenvalue weighted by Gasteiger charge is 2.26. The molecule has 2 fully saturated rings. The Morgan fingerprint density at radius 1 is 1.09 bits per heavy atom. The Hall–Kier alpha value is -0.940. The van der Waals surface area contributed by atoms with Crippen LogP contribution >= 0.6 is 0 Å². The number of aliphatic hydroxyl groups is 1. The van der Waals surface area contributed by atoms with Crippen molar-refractivity contribution in [3.05, 3.63) is 35.4 Å². The fourth-order valence-corrected chi connectivity index (χ4v) is 3.75. The van der Waals surface area contributed by atoms with E-state index in [1.807, 2.05) is 0 Å². The van der Waals surface area contributed by atoms with E-state index in [2.05, 4.69) is 46.3 Å². The van der Waals surface area contributed by atoms with E-state index in [1.54, 1.807) is 0 Å². The van der Waals surface area contributed by atoms with Crippen LogP contribution in [0.2, 0.25) is 0 Å². The number of rotatable bonds is 5. The molecular weight excluding hydrogens is 286 g/mol. The van der Waals surface area contributed by atoms with Gasteiger partial charge in [0.1, 0.15) is 0 Å². The number of benzene rings is 1. The number of nitrogens with zero attached hydrogens (tertiary/aromatic N) is 2. The minimum absolute atomic E-state index is 0.0901. The standard InChI is InChI=1S/C19H31N3O/c1-2-16-3-5-17(6-4-16)19(22-13-9-20-10-14-22)15-21-11-7-18(23)8-12-21/h3-6,18-20,23H,2,7-15H2,1H3. The zero-order chi connectivity index (χ0) is 16.1. The molecule has 0 amide bonds. The number of piperidine rings is 1. The van der Waals surface area contributed by atoms with Gasteiger partial charge in [-0.3, -0.25) is 4.90 Å². The van der Waals surface area contributed by atoms with Gasteiger partial charge in [-0.25, -0.2) is 0 Å². The normalized spacial score (nSPS) is 23.0. The van der Waals surface area contributed by atoms with Crippen molar-refractivity contribution in [1.29, 1.82) is 0 Å². The highest BCUT2D eigenvalue weighted by atomic mass is 16.3. The lowest BCUT2D eigenvalue weighted by atomic mass is 9.99. The second-order valence-electron chi connectivity index (χ2n) is 6.93. The summed E-state index contributed by atoms with van der Waals surface area (Å²) >= 11 is 0. The maximum absolute atomic E-state index is 9.74. The summed E-state index contributed by atoms with van der Waals surface area (Å²) in [4.78, 5) is 5.16. The van der Waals surface area contributed by atoms with Gasteiger partial charge in [-0.1, -0.05) is 31.2 Å². The van der Waals surface area contributed by atoms with Crippen molar-refractivity contribution < 1.29 is 5.11 Å². The SMILES string of the molecule is CCc1ccc(C(CN2CCC(O)CC2)N2CCNCC2)cc1. The van der Waals surface area contributed by atoms with Crippen LogP contribution in [0, 0.1) is 0 Å². The van der Waals surface area contributed by atoms with Crippen LogP contribution in [0.4, 0.5) is 0 Å². The first-order valence-electron chi connectivity index (χ1n) is 9.20. The first kappa shape index (κ1) is 16.9. The maximum Gasteiger partial charge on any atom is 0.0564 e. The highest BCUT2D eigenvalue weighted by Crippen LogP contribution is 2.24. The van der Waals surface area contributed by atoms with Crippen LogP contribution in [0.25, 0.3) is 0 Å². The van der Waals surface area contributed by atoms with Gasteiger partial charge in [0.2, 0.25) is 0 Å². The smallest absolute Gasteiger partial charge is 0.0564 e. The molecule has 0 bridgehead atoms. The van der Waals surface area contributed by atoms with Crippen molar-refractivity contribution in [2.24, 2.45) is 0 Å². The van der Waals surface area contributed by atoms with Gasteiger partial charge in [0.25, 0.3) is 0 Å². The first-order valence-corrected chi connectivity index (χ1v) is 9.20. The van der Waals surface area contributed by atoms with Crippen LogP contribution in [-0.4, -0.2) is 66.8 Å². The molecule has 1 aromatic rings. The predicted molar refractivity (Wildman–Crippen MR) is 94.7 cm³/mol. The summed E-state index contributed by atoms with van der Waals surface area (Å²) in [6, 6.07) is 9.68. The summed E-state index contributed by atoms with van der Waals surface area (Å²) in [7, 11) is 0. The van der Waals surface area contributed by atoms with Crippen LogP contribution in [0.1, 0.15) is 36.9 Å². The molecule has 1 unspecified atom stereocenters. The molecule has 2 saturated heterocycles. The Kier molecular flexibility index (Phi) is 6.06. The monoisotopic (exact) mass is 317 g/mol. The van der Waals surface area contributed by atoms with Gasteiger partial charge in [-0.05, 0) is 30.4 Å². The number of piperazine rings is 1. The number of likely N-dealkylation sites (tertiary alicyclic amines) is 1. The van der Waals surface area contributed by atoms with Crippen LogP contribution in [0.15, 0.2) is 24.3 Å². The molecule has 4 nitrogen and oxygen atoms in total. The van der Waals surface area contributed by atoms with Gasteiger partial charge in [-0.15, -0.1) is 0 Å². The second kappa shape index (κ2) is 8.25. The van der Waals surface area contributed by atoms with E-state index in [4.69, 9.17) is 0 Å². The van der Waals surface area contributed by atoms with Crippen molar-refractivity contribution in [2.75, 3.05) is 45.8 Å². The third-order valence-electron chi connectivity index (χ3n) is 5.35. The molecule has 0 saturated carbocycles. The number of aryl methyl sites for hydroxylation is 1. The Balaban J connectivity index is 1.72. The fraction of sp³-hybridized carbons (Fsp3) is 0.684. The molecule has 1 aromatic carbocycles. The molecule has 0 spiro atoms. The summed E-state index contributed by atoms with van der Waals surface area (Å²) in [5.74, 6) is 0. The van der Waals surface area contributed by atoms with Crippen molar-refractivity contribution in [3.8, 4) is 0 Å². The van der Waals surface area contributed by atoms with Gasteiger partial charge in [-0.2, -0.15) is 0 Å². The van der Waals surface area contributed by atoms with Crippen molar-refractivity contribution in [1.82, 2.24) is 15.1 Å². The number of aliphatic hydroxyl groups excluding tert-OH is 1. The lowest BCUT2D eigenvalue weighted by molar-refractivity contribution is 0.0589. The summed E-state index contributed by atoms with van der Waals surface area (Å²) < 4.78 is 0. The summed E-state index contributed by atoms with van der Waals surface area (Å²) in [6.07, 6.45) is 2.85. The van der Waals surface area contributed by atoms with Crippen LogP contribution in [0.3, 0.4) is 0 Å². The molecule has 23 heavy (non-hydrogen) atoms. The highest BCUT2D eigenvalue weighted by molar-refractivity contribution is 5.25. The van der Waals surface area contributed by atoms with E-state index < -0.39 is 0 Å². The molecular formula is C19H31N3O. The molecule has 0 radical (unpaired) electrons. The molecule has 2 heterocycles. The summed E-state index contributed by atoms with van der Waals surface area (Å²) in [5, 5.41) is 13.2. The van der Waals surface area contributed by atoms with E-state index in [1.165, 1.54) is 11.1 Å². The Labute approximate surface area is 140 Å². The Morgan fingerprint density at radius 3 is 2.35 bits per heavy atom. The van der Waals surface area contributed by atoms with Crippen LogP contribution < -0.4 is 5.32 Å². The van der Waals surface area contributed by atoms with E-state index in [-0.39, 0.29) is 6.10 Å². The maximum atomic E-state index is 9.74.